The highest BCUT2D eigenvalue weighted by molar-refractivity contribution is 7.90. The molecular weight excluding hydrogens is 388 g/mol. The number of carbonyl (C=O) groups is 1. The normalized spacial score (nSPS) is 11.7. The Kier molecular flexibility index (Phi) is 8.22. The largest absolute Gasteiger partial charge is 0.412 e. The Balaban J connectivity index is 2.22. The van der Waals surface area contributed by atoms with Crippen LogP contribution < -0.4 is 14.8 Å². The topological polar surface area (TPSA) is 84.5 Å². The van der Waals surface area contributed by atoms with Gasteiger partial charge in [0.05, 0.1) is 5.25 Å². The monoisotopic (exact) mass is 418 g/mol. The number of benzene rings is 2. The zero-order valence-electron chi connectivity index (χ0n) is 17.4. The minimum atomic E-state index is -3.39. The van der Waals surface area contributed by atoms with E-state index in [-0.39, 0.29) is 6.54 Å². The van der Waals surface area contributed by atoms with E-state index in [0.29, 0.717) is 18.2 Å². The molecule has 29 heavy (non-hydrogen) atoms. The fourth-order valence-corrected chi connectivity index (χ4v) is 3.35. The first-order valence-corrected chi connectivity index (χ1v) is 11.4. The van der Waals surface area contributed by atoms with E-state index in [0.717, 1.165) is 23.1 Å². The summed E-state index contributed by atoms with van der Waals surface area (Å²) < 4.78 is 32.4. The molecule has 0 spiro atoms. The zero-order valence-corrected chi connectivity index (χ0v) is 18.3. The number of sulfonamides is 1. The predicted molar refractivity (Wildman–Crippen MR) is 116 cm³/mol. The molecule has 1 amide bonds. The first-order chi connectivity index (χ1) is 13.7. The number of carbonyl (C=O) groups excluding carboxylic acids is 1. The lowest BCUT2D eigenvalue weighted by atomic mass is 9.99. The minimum absolute atomic E-state index is 0.158. The van der Waals surface area contributed by atoms with Crippen molar-refractivity contribution in [2.45, 2.75) is 45.9 Å². The van der Waals surface area contributed by atoms with Crippen LogP contribution in [0.1, 0.15) is 39.7 Å². The Morgan fingerprint density at radius 2 is 1.59 bits per heavy atom. The first kappa shape index (κ1) is 22.9. The van der Waals surface area contributed by atoms with Gasteiger partial charge in [-0.3, -0.25) is 0 Å². The smallest absolute Gasteiger partial charge is 0.410 e. The quantitative estimate of drug-likeness (QED) is 0.635. The van der Waals surface area contributed by atoms with E-state index in [1.807, 2.05) is 36.4 Å². The van der Waals surface area contributed by atoms with Crippen molar-refractivity contribution in [2.75, 3.05) is 6.54 Å². The molecule has 0 aromatic heterocycles. The second-order valence-corrected chi connectivity index (χ2v) is 9.89. The van der Waals surface area contributed by atoms with Crippen LogP contribution in [-0.4, -0.2) is 26.3 Å². The third kappa shape index (κ3) is 6.87. The summed E-state index contributed by atoms with van der Waals surface area (Å²) in [6, 6.07) is 14.7. The van der Waals surface area contributed by atoms with Crippen LogP contribution in [0.15, 0.2) is 48.5 Å². The van der Waals surface area contributed by atoms with Gasteiger partial charge >= 0.3 is 6.09 Å². The van der Waals surface area contributed by atoms with E-state index in [1.165, 1.54) is 0 Å². The van der Waals surface area contributed by atoms with Crippen LogP contribution >= 0.6 is 0 Å². The maximum Gasteiger partial charge on any atom is 0.412 e. The van der Waals surface area contributed by atoms with Crippen LogP contribution in [0, 0.1) is 5.92 Å². The van der Waals surface area contributed by atoms with Gasteiger partial charge in [0.1, 0.15) is 5.75 Å². The average Bonchev–Trinajstić information content (AvgIpc) is 2.67. The van der Waals surface area contributed by atoms with Crippen molar-refractivity contribution >= 4 is 16.1 Å². The van der Waals surface area contributed by atoms with Gasteiger partial charge in [-0.25, -0.2) is 17.9 Å². The third-order valence-corrected chi connectivity index (χ3v) is 6.26. The van der Waals surface area contributed by atoms with Crippen LogP contribution in [0.25, 0.3) is 11.1 Å². The Hall–Kier alpha value is -2.38. The molecule has 0 saturated carbocycles. The summed E-state index contributed by atoms with van der Waals surface area (Å²) >= 11 is 0. The fraction of sp³-hybridized carbons (Fsp3) is 0.409. The number of amides is 1. The molecule has 0 atom stereocenters. The molecule has 0 fully saturated rings. The van der Waals surface area contributed by atoms with E-state index >= 15 is 0 Å². The van der Waals surface area contributed by atoms with Gasteiger partial charge in [0.25, 0.3) is 0 Å². The van der Waals surface area contributed by atoms with Crippen LogP contribution in [0.3, 0.4) is 0 Å². The van der Waals surface area contributed by atoms with Gasteiger partial charge in [-0.2, -0.15) is 0 Å². The molecule has 2 N–H and O–H groups in total. The molecular formula is C22H30N2O4S. The molecule has 0 aliphatic carbocycles. The molecule has 7 heteroatoms. The van der Waals surface area contributed by atoms with Gasteiger partial charge in [-0.1, -0.05) is 56.3 Å². The van der Waals surface area contributed by atoms with Crippen molar-refractivity contribution in [3.05, 3.63) is 54.1 Å². The molecule has 0 heterocycles. The molecule has 0 aliphatic rings. The van der Waals surface area contributed by atoms with Gasteiger partial charge in [0, 0.05) is 18.7 Å². The molecule has 2 rings (SSSR count). The second kappa shape index (κ2) is 10.4. The maximum absolute atomic E-state index is 12.2. The van der Waals surface area contributed by atoms with Crippen LogP contribution in [-0.2, 0) is 16.6 Å². The van der Waals surface area contributed by atoms with Crippen molar-refractivity contribution in [3.8, 4) is 16.9 Å². The zero-order chi connectivity index (χ0) is 21.4. The van der Waals surface area contributed by atoms with Gasteiger partial charge in [0.2, 0.25) is 10.0 Å². The maximum atomic E-state index is 12.2. The van der Waals surface area contributed by atoms with Gasteiger partial charge in [0.15, 0.2) is 0 Å². The van der Waals surface area contributed by atoms with E-state index in [4.69, 9.17) is 4.74 Å². The summed E-state index contributed by atoms with van der Waals surface area (Å²) in [5.74, 6) is 0.915. The number of nitrogens with one attached hydrogen (secondary N) is 2. The lowest BCUT2D eigenvalue weighted by Gasteiger charge is -2.15. The molecule has 0 bridgehead atoms. The van der Waals surface area contributed by atoms with Crippen LogP contribution in [0.2, 0.25) is 0 Å². The third-order valence-electron chi connectivity index (χ3n) is 4.47. The molecule has 0 radical (unpaired) electrons. The second-order valence-electron chi connectivity index (χ2n) is 7.57. The number of rotatable bonds is 9. The van der Waals surface area contributed by atoms with Crippen molar-refractivity contribution in [1.82, 2.24) is 10.0 Å². The van der Waals surface area contributed by atoms with E-state index in [2.05, 4.69) is 23.9 Å². The fourth-order valence-electron chi connectivity index (χ4n) is 2.66. The van der Waals surface area contributed by atoms with Gasteiger partial charge in [-0.05, 0) is 43.4 Å². The molecule has 0 unspecified atom stereocenters. The standard InChI is InChI=1S/C22H30N2O4S/c1-16(2)13-14-23-22(25)28-21-12-8-7-11-20(21)19-10-6-5-9-18(19)15-24-29(26,27)17(3)4/h5-12,16-17,24H,13-15H2,1-4H3,(H,23,25). The predicted octanol–water partition coefficient (Wildman–Crippen LogP) is 4.32. The Morgan fingerprint density at radius 3 is 2.24 bits per heavy atom. The summed E-state index contributed by atoms with van der Waals surface area (Å²) in [4.78, 5) is 12.2. The van der Waals surface area contributed by atoms with E-state index in [1.54, 1.807) is 26.0 Å². The number of hydrogen-bond donors (Lipinski definition) is 2. The summed E-state index contributed by atoms with van der Waals surface area (Å²) in [5, 5.41) is 2.25. The highest BCUT2D eigenvalue weighted by Crippen LogP contribution is 2.32. The van der Waals surface area contributed by atoms with Crippen molar-refractivity contribution in [1.29, 1.82) is 0 Å². The Labute approximate surface area is 173 Å². The molecule has 6 nitrogen and oxygen atoms in total. The number of para-hydroxylation sites is 1. The summed E-state index contributed by atoms with van der Waals surface area (Å²) in [6.07, 6.45) is 0.367. The number of hydrogen-bond acceptors (Lipinski definition) is 4. The summed E-state index contributed by atoms with van der Waals surface area (Å²) in [7, 11) is -3.39. The van der Waals surface area contributed by atoms with Crippen LogP contribution in [0.5, 0.6) is 5.75 Å². The number of ether oxygens (including phenoxy) is 1. The highest BCUT2D eigenvalue weighted by atomic mass is 32.2. The lowest BCUT2D eigenvalue weighted by molar-refractivity contribution is 0.200. The Bertz CT molecular complexity index is 924. The van der Waals surface area contributed by atoms with E-state index in [9.17, 15) is 13.2 Å². The average molecular weight is 419 g/mol. The van der Waals surface area contributed by atoms with Crippen LogP contribution in [0.4, 0.5) is 4.79 Å². The SMILES string of the molecule is CC(C)CCNC(=O)Oc1ccccc1-c1ccccc1CNS(=O)(=O)C(C)C. The van der Waals surface area contributed by atoms with Crippen molar-refractivity contribution < 1.29 is 17.9 Å². The molecule has 158 valence electrons. The van der Waals surface area contributed by atoms with Gasteiger partial charge < -0.3 is 10.1 Å². The molecule has 0 saturated heterocycles. The van der Waals surface area contributed by atoms with Crippen molar-refractivity contribution in [3.63, 3.8) is 0 Å². The highest BCUT2D eigenvalue weighted by Gasteiger charge is 2.17. The minimum Gasteiger partial charge on any atom is -0.410 e. The molecule has 2 aromatic rings. The lowest BCUT2D eigenvalue weighted by Crippen LogP contribution is -2.30. The summed E-state index contributed by atoms with van der Waals surface area (Å²) in [5.41, 5.74) is 2.34. The van der Waals surface area contributed by atoms with Gasteiger partial charge in [-0.15, -0.1) is 0 Å². The first-order valence-electron chi connectivity index (χ1n) is 9.82. The molecule has 2 aromatic carbocycles. The summed E-state index contributed by atoms with van der Waals surface area (Å²) in [6.45, 7) is 8.15. The van der Waals surface area contributed by atoms with E-state index < -0.39 is 21.4 Å². The molecule has 0 aliphatic heterocycles. The Morgan fingerprint density at radius 1 is 0.966 bits per heavy atom. The van der Waals surface area contributed by atoms with Crippen molar-refractivity contribution in [2.24, 2.45) is 5.92 Å².